The predicted molar refractivity (Wildman–Crippen MR) is 185 cm³/mol. The Balaban J connectivity index is 1.51. The predicted octanol–water partition coefficient (Wildman–Crippen LogP) is 8.41. The first-order valence-corrected chi connectivity index (χ1v) is 14.7. The molecule has 1 heterocycles. The lowest BCUT2D eigenvalue weighted by molar-refractivity contribution is 0.560. The van der Waals surface area contributed by atoms with Gasteiger partial charge in [0, 0.05) is 27.6 Å². The van der Waals surface area contributed by atoms with Crippen molar-refractivity contribution >= 4 is 51.0 Å². The molecule has 48 heavy (non-hydrogen) atoms. The number of nitrogens with one attached hydrogen (secondary N) is 2. The fourth-order valence-electron chi connectivity index (χ4n) is 5.78. The zero-order valence-electron chi connectivity index (χ0n) is 25.0. The minimum Gasteiger partial charge on any atom is -0.394 e. The normalized spacial score (nSPS) is 13.2. The number of pyridine rings is 1. The number of para-hydroxylation sites is 1. The highest BCUT2D eigenvalue weighted by atomic mass is 19.1. The van der Waals surface area contributed by atoms with E-state index in [1.807, 2.05) is 66.7 Å². The number of aromatic nitrogens is 1. The molecular formula is C38H24F3N7. The number of allylic oxidation sites excluding steroid dienone is 1. The van der Waals surface area contributed by atoms with Gasteiger partial charge in [0.15, 0.2) is 17.5 Å². The molecule has 6 N–H and O–H groups in total. The molecule has 1 aliphatic rings. The van der Waals surface area contributed by atoms with Gasteiger partial charge in [0.2, 0.25) is 0 Å². The molecule has 0 saturated carbocycles. The average molecular weight is 636 g/mol. The van der Waals surface area contributed by atoms with Gasteiger partial charge >= 0.3 is 0 Å². The van der Waals surface area contributed by atoms with E-state index in [2.05, 4.69) is 16.6 Å². The summed E-state index contributed by atoms with van der Waals surface area (Å²) in [5.41, 5.74) is 17.6. The standard InChI is InChI=1S/C38H24F3N7/c39-31-29(32(40)36(45)33(41)35(31)44)23-15-16-25-28(17-23)46-37(22-7-3-1-4-8-22)27-18-26(21-13-11-20(19-42)12-14-21)38(34(43)30(25)27)48-47-24-9-5-2-6-10-24/h1-18,43,47H,44-45H2/b43-34?,48-38-. The van der Waals surface area contributed by atoms with Crippen molar-refractivity contribution in [3.05, 3.63) is 143 Å². The van der Waals surface area contributed by atoms with Gasteiger partial charge in [0.25, 0.3) is 0 Å². The zero-order valence-corrected chi connectivity index (χ0v) is 25.0. The molecule has 6 aromatic rings. The SMILES string of the molecule is N#Cc1ccc(C2=Cc3c(-c4ccccc4)nc4cc(-c5c(F)c(N)c(F)c(N)c5F)ccc4c3C(=N)/C2=N\Nc2ccccc2)cc1. The van der Waals surface area contributed by atoms with E-state index in [4.69, 9.17) is 16.5 Å². The molecule has 0 fully saturated rings. The number of hydrazone groups is 1. The molecule has 0 radical (unpaired) electrons. The van der Waals surface area contributed by atoms with Gasteiger partial charge in [-0.05, 0) is 47.5 Å². The molecule has 0 spiro atoms. The van der Waals surface area contributed by atoms with Crippen LogP contribution in [0, 0.1) is 34.2 Å². The van der Waals surface area contributed by atoms with Crippen molar-refractivity contribution in [2.75, 3.05) is 16.9 Å². The van der Waals surface area contributed by atoms with Crippen LogP contribution in [-0.2, 0) is 0 Å². The summed E-state index contributed by atoms with van der Waals surface area (Å²) in [7, 11) is 0. The van der Waals surface area contributed by atoms with Crippen LogP contribution in [0.1, 0.15) is 22.3 Å². The van der Waals surface area contributed by atoms with Crippen molar-refractivity contribution in [1.29, 1.82) is 10.7 Å². The van der Waals surface area contributed by atoms with Gasteiger partial charge in [-0.25, -0.2) is 18.2 Å². The van der Waals surface area contributed by atoms with E-state index in [1.165, 1.54) is 12.1 Å². The zero-order chi connectivity index (χ0) is 33.5. The highest BCUT2D eigenvalue weighted by Gasteiger charge is 2.30. The Kier molecular flexibility index (Phi) is 7.42. The topological polar surface area (TPSA) is 137 Å². The van der Waals surface area contributed by atoms with E-state index in [0.717, 1.165) is 11.1 Å². The Bertz CT molecular complexity index is 2350. The number of nitrogens with zero attached hydrogens (tertiary/aromatic N) is 3. The number of fused-ring (bicyclic) bond motifs is 3. The Hall–Kier alpha value is -6.73. The molecule has 7 nitrogen and oxygen atoms in total. The molecule has 0 atom stereocenters. The molecule has 232 valence electrons. The average Bonchev–Trinajstić information content (AvgIpc) is 3.13. The molecule has 1 aromatic heterocycles. The lowest BCUT2D eigenvalue weighted by Crippen LogP contribution is -2.24. The number of hydrogen-bond donors (Lipinski definition) is 4. The summed E-state index contributed by atoms with van der Waals surface area (Å²) in [6, 6.07) is 32.3. The molecule has 0 saturated heterocycles. The molecule has 7 rings (SSSR count). The third kappa shape index (κ3) is 5.00. The van der Waals surface area contributed by atoms with Gasteiger partial charge < -0.3 is 11.5 Å². The number of nitriles is 1. The minimum absolute atomic E-state index is 0.0400. The number of nitrogens with two attached hydrogens (primary N) is 2. The first-order valence-electron chi connectivity index (χ1n) is 14.7. The second kappa shape index (κ2) is 11.9. The smallest absolute Gasteiger partial charge is 0.174 e. The number of rotatable bonds is 5. The summed E-state index contributed by atoms with van der Waals surface area (Å²) in [4.78, 5) is 4.95. The molecule has 1 aliphatic carbocycles. The van der Waals surface area contributed by atoms with Crippen molar-refractivity contribution in [3.63, 3.8) is 0 Å². The summed E-state index contributed by atoms with van der Waals surface area (Å²) in [5.74, 6) is -3.91. The Labute approximate surface area is 272 Å². The molecule has 5 aromatic carbocycles. The van der Waals surface area contributed by atoms with E-state index >= 15 is 8.78 Å². The third-order valence-electron chi connectivity index (χ3n) is 8.17. The van der Waals surface area contributed by atoms with Gasteiger partial charge in [-0.1, -0.05) is 72.8 Å². The van der Waals surface area contributed by atoms with E-state index in [0.29, 0.717) is 50.3 Å². The molecule has 0 bridgehead atoms. The molecular weight excluding hydrogens is 611 g/mol. The van der Waals surface area contributed by atoms with E-state index in [9.17, 15) is 15.1 Å². The molecule has 0 unspecified atom stereocenters. The maximum Gasteiger partial charge on any atom is 0.174 e. The van der Waals surface area contributed by atoms with E-state index in [1.54, 1.807) is 30.3 Å². The van der Waals surface area contributed by atoms with E-state index in [-0.39, 0.29) is 11.3 Å². The fraction of sp³-hybridized carbons (Fsp3) is 0. The second-order valence-corrected chi connectivity index (χ2v) is 11.1. The molecule has 10 heteroatoms. The number of anilines is 3. The van der Waals surface area contributed by atoms with Crippen molar-refractivity contribution in [2.45, 2.75) is 0 Å². The van der Waals surface area contributed by atoms with Crippen LogP contribution in [-0.4, -0.2) is 16.4 Å². The summed E-state index contributed by atoms with van der Waals surface area (Å²) >= 11 is 0. The highest BCUT2D eigenvalue weighted by Crippen LogP contribution is 2.41. The molecule has 0 amide bonds. The van der Waals surface area contributed by atoms with Crippen LogP contribution in [0.2, 0.25) is 0 Å². The Morgan fingerprint density at radius 3 is 2.00 bits per heavy atom. The van der Waals surface area contributed by atoms with Crippen LogP contribution in [0.5, 0.6) is 0 Å². The van der Waals surface area contributed by atoms with Crippen LogP contribution >= 0.6 is 0 Å². The first-order chi connectivity index (χ1) is 23.3. The monoisotopic (exact) mass is 635 g/mol. The number of nitrogen functional groups attached to an aromatic ring is 2. The van der Waals surface area contributed by atoms with Gasteiger partial charge in [-0.15, -0.1) is 0 Å². The number of hydrogen-bond acceptors (Lipinski definition) is 7. The van der Waals surface area contributed by atoms with Gasteiger partial charge in [-0.3, -0.25) is 10.8 Å². The fourth-order valence-corrected chi connectivity index (χ4v) is 5.78. The Morgan fingerprint density at radius 1 is 0.729 bits per heavy atom. The lowest BCUT2D eigenvalue weighted by Gasteiger charge is -2.24. The summed E-state index contributed by atoms with van der Waals surface area (Å²) in [6.07, 6.45) is 1.91. The first kappa shape index (κ1) is 30.0. The summed E-state index contributed by atoms with van der Waals surface area (Å²) in [6.45, 7) is 0. The Morgan fingerprint density at radius 2 is 1.35 bits per heavy atom. The highest BCUT2D eigenvalue weighted by molar-refractivity contribution is 6.65. The maximum absolute atomic E-state index is 15.2. The quantitative estimate of drug-likeness (QED) is 0.111. The molecule has 0 aliphatic heterocycles. The van der Waals surface area contributed by atoms with Crippen LogP contribution in [0.25, 0.3) is 44.9 Å². The van der Waals surface area contributed by atoms with Crippen molar-refractivity contribution in [3.8, 4) is 28.5 Å². The van der Waals surface area contributed by atoms with Gasteiger partial charge in [0.05, 0.1) is 39.8 Å². The van der Waals surface area contributed by atoms with E-state index < -0.39 is 34.4 Å². The van der Waals surface area contributed by atoms with Crippen LogP contribution < -0.4 is 16.9 Å². The van der Waals surface area contributed by atoms with Crippen LogP contribution in [0.15, 0.2) is 108 Å². The van der Waals surface area contributed by atoms with Crippen molar-refractivity contribution in [2.24, 2.45) is 5.10 Å². The number of halogens is 3. The van der Waals surface area contributed by atoms with Crippen LogP contribution in [0.4, 0.5) is 30.2 Å². The number of benzene rings is 5. The van der Waals surface area contributed by atoms with Crippen molar-refractivity contribution < 1.29 is 13.2 Å². The second-order valence-electron chi connectivity index (χ2n) is 11.1. The third-order valence-corrected chi connectivity index (χ3v) is 8.17. The summed E-state index contributed by atoms with van der Waals surface area (Å²) in [5, 5.41) is 24.2. The van der Waals surface area contributed by atoms with Gasteiger partial charge in [-0.2, -0.15) is 10.4 Å². The van der Waals surface area contributed by atoms with Crippen LogP contribution in [0.3, 0.4) is 0 Å². The summed E-state index contributed by atoms with van der Waals surface area (Å²) < 4.78 is 44.7. The van der Waals surface area contributed by atoms with Crippen molar-refractivity contribution in [1.82, 2.24) is 4.98 Å². The lowest BCUT2D eigenvalue weighted by atomic mass is 9.82. The van der Waals surface area contributed by atoms with Gasteiger partial charge in [0.1, 0.15) is 17.1 Å². The largest absolute Gasteiger partial charge is 0.394 e. The minimum atomic E-state index is -1.36. The maximum atomic E-state index is 15.2.